The molecular weight excluding hydrogens is 995 g/mol. The Hall–Kier alpha value is -4.19. The lowest BCUT2D eigenvalue weighted by Gasteiger charge is -2.21. The first kappa shape index (κ1) is 59.1. The van der Waals surface area contributed by atoms with Crippen LogP contribution in [0.5, 0.6) is 0 Å². The van der Waals surface area contributed by atoms with Gasteiger partial charge in [0.2, 0.25) is 0 Å². The Morgan fingerprint density at radius 1 is 0.405 bits per heavy atom. The van der Waals surface area contributed by atoms with E-state index < -0.39 is 22.2 Å². The first-order valence-electron chi connectivity index (χ1n) is 29.0. The molecule has 2 unspecified atom stereocenters. The minimum Gasteiger partial charge on any atom is -0.274 e. The Balaban J connectivity index is 1.55. The quantitative estimate of drug-likeness (QED) is 0.0281. The van der Waals surface area contributed by atoms with Crippen LogP contribution in [0.1, 0.15) is 233 Å². The van der Waals surface area contributed by atoms with E-state index in [2.05, 4.69) is 33.8 Å². The van der Waals surface area contributed by atoms with Crippen molar-refractivity contribution in [3.63, 3.8) is 0 Å². The summed E-state index contributed by atoms with van der Waals surface area (Å²) in [5, 5.41) is 32.1. The van der Waals surface area contributed by atoms with Gasteiger partial charge in [-0.2, -0.15) is 15.8 Å². The average molecular weight is 1080 g/mol. The van der Waals surface area contributed by atoms with Gasteiger partial charge in [-0.05, 0) is 37.5 Å². The lowest BCUT2D eigenvalue weighted by Crippen LogP contribution is -2.38. The van der Waals surface area contributed by atoms with Crippen LogP contribution in [0.2, 0.25) is 0 Å². The molecule has 0 aliphatic carbocycles. The summed E-state index contributed by atoms with van der Waals surface area (Å²) in [6, 6.07) is 6.26. The number of rotatable bonds is 36. The van der Waals surface area contributed by atoms with Crippen molar-refractivity contribution in [3.05, 3.63) is 49.1 Å². The van der Waals surface area contributed by atoms with E-state index in [1.807, 2.05) is 12.1 Å². The standard InChI is InChI=1S/C61H83N5O4S4/c1-5-9-13-17-21-23-27-31-35-43(33-29-25-19-15-11-7-3)41-65-57(67)49-47-48-50(54-53(49)71-46(72-54)37-38-62)58(68)66(42-44(34-30-26-20-16-12-8-4)36-32-28-24-22-18-14-10-6-2)60(70)52(48)56-55(51(47)59(65)69)73-61(74-56)45(39-63)40-64/h37,43-44H,5-36,41-42H2,1-4H3. The van der Waals surface area contributed by atoms with Gasteiger partial charge in [0.15, 0.2) is 5.57 Å². The maximum atomic E-state index is 15.5. The molecule has 0 bridgehead atoms. The van der Waals surface area contributed by atoms with E-state index in [-0.39, 0.29) is 41.3 Å². The molecule has 2 atom stereocenters. The molecule has 0 aliphatic heterocycles. The highest BCUT2D eigenvalue weighted by molar-refractivity contribution is 7.38. The van der Waals surface area contributed by atoms with E-state index >= 15 is 19.2 Å². The molecule has 0 aliphatic rings. The van der Waals surface area contributed by atoms with E-state index in [4.69, 9.17) is 0 Å². The summed E-state index contributed by atoms with van der Waals surface area (Å²) in [7, 11) is 0. The van der Waals surface area contributed by atoms with Crippen molar-refractivity contribution in [1.29, 1.82) is 15.8 Å². The van der Waals surface area contributed by atoms with Crippen LogP contribution in [0.15, 0.2) is 19.2 Å². The third kappa shape index (κ3) is 14.8. The summed E-state index contributed by atoms with van der Waals surface area (Å²) in [6.45, 7) is 9.42. The second-order valence-electron chi connectivity index (χ2n) is 21.3. The number of nitrogens with zero attached hydrogens (tertiary/aromatic N) is 5. The molecule has 6 aromatic rings. The zero-order valence-electron chi connectivity index (χ0n) is 45.3. The van der Waals surface area contributed by atoms with Crippen molar-refractivity contribution in [2.24, 2.45) is 11.8 Å². The number of hydrogen-bond acceptors (Lipinski definition) is 11. The molecule has 400 valence electrons. The predicted octanol–water partition coefficient (Wildman–Crippen LogP) is 16.5. The zero-order valence-corrected chi connectivity index (χ0v) is 48.5. The summed E-state index contributed by atoms with van der Waals surface area (Å²) in [6.07, 6.45) is 37.9. The molecule has 0 saturated carbocycles. The highest BCUT2D eigenvalue weighted by Gasteiger charge is 2.31. The molecule has 0 radical (unpaired) electrons. The van der Waals surface area contributed by atoms with E-state index in [0.717, 1.165) is 113 Å². The van der Waals surface area contributed by atoms with Gasteiger partial charge in [0.1, 0.15) is 16.0 Å². The van der Waals surface area contributed by atoms with Gasteiger partial charge in [0, 0.05) is 29.9 Å². The number of benzene rings is 2. The van der Waals surface area contributed by atoms with Crippen LogP contribution >= 0.6 is 45.3 Å². The summed E-state index contributed by atoms with van der Waals surface area (Å²) in [4.78, 5) is 62.1. The fourth-order valence-electron chi connectivity index (χ4n) is 11.4. The molecular formula is C61H83N5O4S4. The minimum atomic E-state index is -0.458. The van der Waals surface area contributed by atoms with E-state index in [1.54, 1.807) is 0 Å². The fourth-order valence-corrected chi connectivity index (χ4v) is 16.6. The maximum absolute atomic E-state index is 15.5. The number of fused-ring (bicyclic) bond motifs is 6. The monoisotopic (exact) mass is 1080 g/mol. The van der Waals surface area contributed by atoms with Crippen molar-refractivity contribution in [2.75, 3.05) is 0 Å². The molecule has 0 amide bonds. The third-order valence-corrected chi connectivity index (χ3v) is 20.7. The Labute approximate surface area is 455 Å². The van der Waals surface area contributed by atoms with Crippen molar-refractivity contribution in [1.82, 2.24) is 9.13 Å². The van der Waals surface area contributed by atoms with Crippen LogP contribution < -0.4 is 29.9 Å². The summed E-state index contributed by atoms with van der Waals surface area (Å²) in [5.74, 6) is 0.183. The minimum absolute atomic E-state index is 0.0915. The Kier molecular flexibility index (Phi) is 24.8. The second-order valence-corrected chi connectivity index (χ2v) is 25.9. The molecule has 4 aromatic heterocycles. The normalized spacial score (nSPS) is 12.6. The molecule has 9 nitrogen and oxygen atoms in total. The van der Waals surface area contributed by atoms with Gasteiger partial charge in [0.05, 0.1) is 50.3 Å². The predicted molar refractivity (Wildman–Crippen MR) is 319 cm³/mol. The molecule has 13 heteroatoms. The molecule has 4 heterocycles. The molecule has 0 saturated heterocycles. The van der Waals surface area contributed by atoms with Gasteiger partial charge in [0.25, 0.3) is 22.2 Å². The van der Waals surface area contributed by atoms with Crippen molar-refractivity contribution in [2.45, 2.75) is 246 Å². The molecule has 6 rings (SSSR count). The smallest absolute Gasteiger partial charge is 0.262 e. The highest BCUT2D eigenvalue weighted by Crippen LogP contribution is 2.44. The van der Waals surface area contributed by atoms with Gasteiger partial charge in [-0.3, -0.25) is 28.3 Å². The van der Waals surface area contributed by atoms with Gasteiger partial charge >= 0.3 is 0 Å². The number of aromatic nitrogens is 2. The van der Waals surface area contributed by atoms with E-state index in [9.17, 15) is 15.8 Å². The van der Waals surface area contributed by atoms with Crippen LogP contribution in [0.4, 0.5) is 0 Å². The van der Waals surface area contributed by atoms with Gasteiger partial charge in [-0.1, -0.05) is 207 Å². The highest BCUT2D eigenvalue weighted by atomic mass is 32.2. The number of hydrogen-bond donors (Lipinski definition) is 0. The van der Waals surface area contributed by atoms with Crippen LogP contribution in [0.25, 0.3) is 62.8 Å². The molecule has 74 heavy (non-hydrogen) atoms. The lowest BCUT2D eigenvalue weighted by molar-refractivity contribution is 0.350. The first-order valence-corrected chi connectivity index (χ1v) is 32.3. The van der Waals surface area contributed by atoms with E-state index in [0.29, 0.717) is 48.0 Å². The van der Waals surface area contributed by atoms with Crippen LogP contribution in [0, 0.1) is 45.8 Å². The zero-order chi connectivity index (χ0) is 52.8. The summed E-state index contributed by atoms with van der Waals surface area (Å²) >= 11 is 4.89. The molecule has 0 fully saturated rings. The fraction of sp³-hybridized carbons (Fsp3) is 0.656. The van der Waals surface area contributed by atoms with Crippen LogP contribution in [-0.4, -0.2) is 9.13 Å². The Bertz CT molecular complexity index is 3060. The SMILES string of the molecule is CCCCCCCCCCC(CCCCCCCC)Cn1c(=O)c2c3sc(=CC#N)sc3c3c(=O)n(CC(CCCCCCCC)CCCCCCCCCC)c(=O)c4c5sc(=C(C#N)C#N)sc5c(c1=O)c2c34. The Morgan fingerprint density at radius 2 is 0.676 bits per heavy atom. The lowest BCUT2D eigenvalue weighted by atomic mass is 9.92. The molecule has 2 aromatic carbocycles. The Morgan fingerprint density at radius 3 is 0.946 bits per heavy atom. The van der Waals surface area contributed by atoms with Crippen LogP contribution in [-0.2, 0) is 13.1 Å². The van der Waals surface area contributed by atoms with Crippen molar-refractivity contribution in [3.8, 4) is 18.2 Å². The number of unbranched alkanes of at least 4 members (excludes halogenated alkanes) is 24. The molecule has 0 N–H and O–H groups in total. The number of nitriles is 3. The maximum Gasteiger partial charge on any atom is 0.262 e. The summed E-state index contributed by atoms with van der Waals surface area (Å²) in [5.41, 5.74) is -1.89. The van der Waals surface area contributed by atoms with Gasteiger partial charge < -0.3 is 0 Å². The van der Waals surface area contributed by atoms with Crippen molar-refractivity contribution < 1.29 is 0 Å². The second kappa shape index (κ2) is 31.1. The first-order chi connectivity index (χ1) is 36.2. The topological polar surface area (TPSA) is 150 Å². The average Bonchev–Trinajstić information content (AvgIpc) is 4.03. The largest absolute Gasteiger partial charge is 0.274 e. The van der Waals surface area contributed by atoms with Crippen molar-refractivity contribution >= 4 is 108 Å². The summed E-state index contributed by atoms with van der Waals surface area (Å²) < 4.78 is 5.91. The van der Waals surface area contributed by atoms with Gasteiger partial charge in [-0.25, -0.2) is 0 Å². The van der Waals surface area contributed by atoms with E-state index in [1.165, 1.54) is 153 Å². The van der Waals surface area contributed by atoms with Gasteiger partial charge in [-0.15, -0.1) is 45.3 Å². The number of pyridine rings is 2. The third-order valence-electron chi connectivity index (χ3n) is 15.6. The van der Waals surface area contributed by atoms with Crippen LogP contribution in [0.3, 0.4) is 0 Å². The molecule has 0 spiro atoms.